The van der Waals surface area contributed by atoms with Gasteiger partial charge >= 0.3 is 0 Å². The van der Waals surface area contributed by atoms with Crippen LogP contribution in [-0.2, 0) is 16.1 Å². The van der Waals surface area contributed by atoms with Crippen molar-refractivity contribution in [3.05, 3.63) is 46.7 Å². The number of amides is 2. The van der Waals surface area contributed by atoms with E-state index in [-0.39, 0.29) is 18.4 Å². The molecule has 0 atom stereocenters. The summed E-state index contributed by atoms with van der Waals surface area (Å²) in [7, 11) is 0. The van der Waals surface area contributed by atoms with E-state index in [1.165, 1.54) is 11.8 Å². The van der Waals surface area contributed by atoms with Gasteiger partial charge in [-0.1, -0.05) is 35.0 Å². The lowest BCUT2D eigenvalue weighted by atomic mass is 10.2. The van der Waals surface area contributed by atoms with Gasteiger partial charge in [0.1, 0.15) is 12.3 Å². The van der Waals surface area contributed by atoms with E-state index < -0.39 is 0 Å². The number of hydrogen-bond donors (Lipinski definition) is 1. The van der Waals surface area contributed by atoms with E-state index in [1.807, 2.05) is 18.2 Å². The molecule has 116 valence electrons. The highest BCUT2D eigenvalue weighted by Gasteiger charge is 2.19. The Bertz CT molecular complexity index is 684. The number of benzene rings is 1. The molecule has 1 heterocycles. The zero-order valence-corrected chi connectivity index (χ0v) is 13.1. The SMILES string of the molecule is CC(=O)N(CC(=O)NCc1ccccc1Cl)c1cc(C)on1. The summed E-state index contributed by atoms with van der Waals surface area (Å²) in [5.74, 6) is 0.285. The fourth-order valence-electron chi connectivity index (χ4n) is 1.87. The van der Waals surface area contributed by atoms with Gasteiger partial charge in [0.2, 0.25) is 11.8 Å². The number of hydrogen-bond acceptors (Lipinski definition) is 4. The summed E-state index contributed by atoms with van der Waals surface area (Å²) in [5.41, 5.74) is 0.809. The Hall–Kier alpha value is -2.34. The number of carbonyl (C=O) groups is 2. The van der Waals surface area contributed by atoms with Crippen LogP contribution in [0.5, 0.6) is 0 Å². The molecule has 2 rings (SSSR count). The Kier molecular flexibility index (Phi) is 5.16. The average molecular weight is 322 g/mol. The highest BCUT2D eigenvalue weighted by Crippen LogP contribution is 2.15. The first-order valence-corrected chi connectivity index (χ1v) is 7.06. The molecule has 0 spiro atoms. The third-order valence-corrected chi connectivity index (χ3v) is 3.38. The summed E-state index contributed by atoms with van der Waals surface area (Å²) in [4.78, 5) is 24.9. The Balaban J connectivity index is 1.97. The van der Waals surface area contributed by atoms with Gasteiger partial charge in [-0.2, -0.15) is 0 Å². The van der Waals surface area contributed by atoms with Crippen LogP contribution in [0, 0.1) is 6.92 Å². The van der Waals surface area contributed by atoms with Crippen LogP contribution >= 0.6 is 11.6 Å². The molecule has 0 aliphatic carbocycles. The lowest BCUT2D eigenvalue weighted by Gasteiger charge is -2.17. The van der Waals surface area contributed by atoms with Crippen LogP contribution in [0.2, 0.25) is 5.02 Å². The predicted octanol–water partition coefficient (Wildman–Crippen LogP) is 2.31. The zero-order valence-electron chi connectivity index (χ0n) is 12.3. The second kappa shape index (κ2) is 7.09. The second-order valence-electron chi connectivity index (χ2n) is 4.77. The van der Waals surface area contributed by atoms with E-state index in [2.05, 4.69) is 10.5 Å². The van der Waals surface area contributed by atoms with Crippen molar-refractivity contribution in [2.75, 3.05) is 11.4 Å². The summed E-state index contributed by atoms with van der Waals surface area (Å²) in [6.45, 7) is 3.24. The monoisotopic (exact) mass is 321 g/mol. The number of carbonyl (C=O) groups excluding carboxylic acids is 2. The summed E-state index contributed by atoms with van der Waals surface area (Å²) in [6.07, 6.45) is 0. The Morgan fingerprint density at radius 1 is 1.36 bits per heavy atom. The maximum atomic E-state index is 12.0. The summed E-state index contributed by atoms with van der Waals surface area (Å²) < 4.78 is 4.93. The number of nitrogens with one attached hydrogen (secondary N) is 1. The fourth-order valence-corrected chi connectivity index (χ4v) is 2.07. The molecule has 1 aromatic heterocycles. The highest BCUT2D eigenvalue weighted by atomic mass is 35.5. The van der Waals surface area contributed by atoms with E-state index in [0.29, 0.717) is 23.1 Å². The molecular weight excluding hydrogens is 306 g/mol. The number of anilines is 1. The number of rotatable bonds is 5. The molecule has 2 amide bonds. The molecule has 2 aromatic rings. The van der Waals surface area contributed by atoms with Crippen LogP contribution < -0.4 is 10.2 Å². The van der Waals surface area contributed by atoms with Crippen LogP contribution in [-0.4, -0.2) is 23.5 Å². The lowest BCUT2D eigenvalue weighted by molar-refractivity contribution is -0.123. The minimum Gasteiger partial charge on any atom is -0.360 e. The Morgan fingerprint density at radius 2 is 2.09 bits per heavy atom. The molecular formula is C15H16ClN3O3. The number of nitrogens with zero attached hydrogens (tertiary/aromatic N) is 2. The lowest BCUT2D eigenvalue weighted by Crippen LogP contribution is -2.39. The van der Waals surface area contributed by atoms with Crippen molar-refractivity contribution < 1.29 is 14.1 Å². The first-order valence-electron chi connectivity index (χ1n) is 6.69. The Morgan fingerprint density at radius 3 is 2.68 bits per heavy atom. The third kappa shape index (κ3) is 4.08. The molecule has 0 unspecified atom stereocenters. The topological polar surface area (TPSA) is 75.4 Å². The molecule has 0 saturated heterocycles. The van der Waals surface area contributed by atoms with Crippen LogP contribution in [0.1, 0.15) is 18.2 Å². The predicted molar refractivity (Wildman–Crippen MR) is 82.6 cm³/mol. The van der Waals surface area contributed by atoms with Gasteiger partial charge in [-0.05, 0) is 18.6 Å². The summed E-state index contributed by atoms with van der Waals surface area (Å²) in [5, 5.41) is 7.06. The van der Waals surface area contributed by atoms with E-state index in [0.717, 1.165) is 5.56 Å². The minimum atomic E-state index is -0.309. The molecule has 0 radical (unpaired) electrons. The molecule has 0 bridgehead atoms. The molecule has 6 nitrogen and oxygen atoms in total. The number of aromatic nitrogens is 1. The molecule has 0 aliphatic rings. The van der Waals surface area contributed by atoms with Crippen LogP contribution in [0.15, 0.2) is 34.9 Å². The van der Waals surface area contributed by atoms with E-state index in [4.69, 9.17) is 16.1 Å². The van der Waals surface area contributed by atoms with Gasteiger partial charge in [0.25, 0.3) is 0 Å². The quantitative estimate of drug-likeness (QED) is 0.917. The third-order valence-electron chi connectivity index (χ3n) is 3.01. The molecule has 1 N–H and O–H groups in total. The van der Waals surface area contributed by atoms with Gasteiger partial charge in [0, 0.05) is 24.6 Å². The molecule has 0 aliphatic heterocycles. The maximum Gasteiger partial charge on any atom is 0.240 e. The van der Waals surface area contributed by atoms with E-state index in [9.17, 15) is 9.59 Å². The number of aryl methyl sites for hydroxylation is 1. The van der Waals surface area contributed by atoms with Crippen LogP contribution in [0.3, 0.4) is 0 Å². The molecule has 22 heavy (non-hydrogen) atoms. The van der Waals surface area contributed by atoms with Crippen LogP contribution in [0.4, 0.5) is 5.82 Å². The van der Waals surface area contributed by atoms with Crippen molar-refractivity contribution in [1.82, 2.24) is 10.5 Å². The van der Waals surface area contributed by atoms with Crippen molar-refractivity contribution in [3.63, 3.8) is 0 Å². The van der Waals surface area contributed by atoms with Crippen molar-refractivity contribution in [2.24, 2.45) is 0 Å². The average Bonchev–Trinajstić information content (AvgIpc) is 2.90. The first kappa shape index (κ1) is 16.0. The van der Waals surface area contributed by atoms with Gasteiger partial charge in [-0.3, -0.25) is 14.5 Å². The second-order valence-corrected chi connectivity index (χ2v) is 5.18. The molecule has 0 fully saturated rings. The van der Waals surface area contributed by atoms with Gasteiger partial charge in [-0.15, -0.1) is 0 Å². The summed E-state index contributed by atoms with van der Waals surface area (Å²) >= 11 is 6.02. The van der Waals surface area contributed by atoms with Crippen molar-refractivity contribution >= 4 is 29.2 Å². The fraction of sp³-hybridized carbons (Fsp3) is 0.267. The number of halogens is 1. The zero-order chi connectivity index (χ0) is 16.1. The van der Waals surface area contributed by atoms with Crippen molar-refractivity contribution in [3.8, 4) is 0 Å². The highest BCUT2D eigenvalue weighted by molar-refractivity contribution is 6.31. The normalized spacial score (nSPS) is 10.3. The minimum absolute atomic E-state index is 0.133. The van der Waals surface area contributed by atoms with Gasteiger partial charge < -0.3 is 9.84 Å². The summed E-state index contributed by atoms with van der Waals surface area (Å²) in [6, 6.07) is 8.84. The van der Waals surface area contributed by atoms with Gasteiger partial charge in [-0.25, -0.2) is 0 Å². The standard InChI is InChI=1S/C15H16ClN3O3/c1-10-7-14(18-22-10)19(11(2)20)9-15(21)17-8-12-5-3-4-6-13(12)16/h3-7H,8-9H2,1-2H3,(H,17,21). The van der Waals surface area contributed by atoms with Crippen molar-refractivity contribution in [1.29, 1.82) is 0 Å². The Labute approximate surface area is 133 Å². The smallest absolute Gasteiger partial charge is 0.240 e. The molecule has 0 saturated carbocycles. The molecule has 7 heteroatoms. The largest absolute Gasteiger partial charge is 0.360 e. The van der Waals surface area contributed by atoms with Gasteiger partial charge in [0.15, 0.2) is 5.82 Å². The maximum absolute atomic E-state index is 12.0. The van der Waals surface area contributed by atoms with E-state index >= 15 is 0 Å². The molecule has 1 aromatic carbocycles. The van der Waals surface area contributed by atoms with Gasteiger partial charge in [0.05, 0.1) is 0 Å². The van der Waals surface area contributed by atoms with Crippen LogP contribution in [0.25, 0.3) is 0 Å². The van der Waals surface area contributed by atoms with E-state index in [1.54, 1.807) is 19.1 Å². The first-order chi connectivity index (χ1) is 10.5. The van der Waals surface area contributed by atoms with Crippen molar-refractivity contribution in [2.45, 2.75) is 20.4 Å².